The van der Waals surface area contributed by atoms with E-state index in [1.165, 1.54) is 27.2 Å². The number of benzene rings is 1. The van der Waals surface area contributed by atoms with Crippen molar-refractivity contribution in [2.24, 2.45) is 0 Å². The first-order valence-electron chi connectivity index (χ1n) is 7.79. The SMILES string of the molecule is C=C(C)CC1=CCC2=C[CH]C=CC2S1.Cc1ccccc1C. The molecule has 0 aromatic heterocycles. The van der Waals surface area contributed by atoms with Gasteiger partial charge in [0.2, 0.25) is 0 Å². The molecule has 0 spiro atoms. The molecule has 0 nitrogen and oxygen atoms in total. The van der Waals surface area contributed by atoms with Gasteiger partial charge in [0.1, 0.15) is 0 Å². The monoisotopic (exact) mass is 309 g/mol. The summed E-state index contributed by atoms with van der Waals surface area (Å²) in [6.07, 6.45) is 13.3. The highest BCUT2D eigenvalue weighted by atomic mass is 32.2. The van der Waals surface area contributed by atoms with Crippen molar-refractivity contribution in [3.05, 3.63) is 88.7 Å². The molecule has 1 heteroatoms. The highest BCUT2D eigenvalue weighted by Crippen LogP contribution is 2.39. The Morgan fingerprint density at radius 1 is 1.23 bits per heavy atom. The maximum atomic E-state index is 3.96. The summed E-state index contributed by atoms with van der Waals surface area (Å²) in [7, 11) is 0. The van der Waals surface area contributed by atoms with Crippen molar-refractivity contribution in [3.63, 3.8) is 0 Å². The van der Waals surface area contributed by atoms with E-state index in [1.807, 2.05) is 11.8 Å². The Labute approximate surface area is 139 Å². The van der Waals surface area contributed by atoms with Crippen LogP contribution in [0.25, 0.3) is 0 Å². The molecule has 1 unspecified atom stereocenters. The van der Waals surface area contributed by atoms with Crippen LogP contribution in [0.4, 0.5) is 0 Å². The fourth-order valence-electron chi connectivity index (χ4n) is 2.38. The second-order valence-corrected chi connectivity index (χ2v) is 7.22. The minimum absolute atomic E-state index is 0.583. The van der Waals surface area contributed by atoms with Gasteiger partial charge in [-0.05, 0) is 49.6 Å². The predicted octanol–water partition coefficient (Wildman–Crippen LogP) is 6.35. The number of aryl methyl sites for hydroxylation is 2. The summed E-state index contributed by atoms with van der Waals surface area (Å²) in [4.78, 5) is 1.48. The smallest absolute Gasteiger partial charge is 0.0484 e. The van der Waals surface area contributed by atoms with Crippen LogP contribution in [0.1, 0.15) is 30.9 Å². The van der Waals surface area contributed by atoms with Crippen LogP contribution >= 0.6 is 11.8 Å². The van der Waals surface area contributed by atoms with E-state index >= 15 is 0 Å². The van der Waals surface area contributed by atoms with Crippen molar-refractivity contribution in [2.45, 2.75) is 38.9 Å². The number of allylic oxidation sites excluding steroid dienone is 5. The zero-order valence-electron chi connectivity index (χ0n) is 13.8. The molecule has 0 bridgehead atoms. The molecule has 0 amide bonds. The predicted molar refractivity (Wildman–Crippen MR) is 101 cm³/mol. The van der Waals surface area contributed by atoms with E-state index in [1.54, 1.807) is 0 Å². The highest BCUT2D eigenvalue weighted by Gasteiger charge is 2.19. The van der Waals surface area contributed by atoms with Gasteiger partial charge >= 0.3 is 0 Å². The summed E-state index contributed by atoms with van der Waals surface area (Å²) < 4.78 is 0. The standard InChI is InChI=1S/C13H15S.C8H10/c1-10(2)9-12-8-7-11-5-3-4-6-13(11)14-12;1-7-5-3-4-6-8(7)2/h3-6,8,13H,1,7,9H2,2H3;3-6H,1-2H3. The van der Waals surface area contributed by atoms with E-state index in [9.17, 15) is 0 Å². The molecule has 0 N–H and O–H groups in total. The van der Waals surface area contributed by atoms with Gasteiger partial charge in [-0.25, -0.2) is 0 Å². The fourth-order valence-corrected chi connectivity index (χ4v) is 3.71. The Hall–Kier alpha value is -1.47. The third-order valence-electron chi connectivity index (χ3n) is 3.82. The zero-order chi connectivity index (χ0) is 15.9. The lowest BCUT2D eigenvalue weighted by Crippen LogP contribution is -2.10. The van der Waals surface area contributed by atoms with Crippen LogP contribution in [0.2, 0.25) is 0 Å². The molecule has 0 saturated carbocycles. The molecule has 22 heavy (non-hydrogen) atoms. The van der Waals surface area contributed by atoms with Crippen LogP contribution in [-0.4, -0.2) is 5.25 Å². The van der Waals surface area contributed by atoms with Gasteiger partial charge in [0.25, 0.3) is 0 Å². The highest BCUT2D eigenvalue weighted by molar-refractivity contribution is 8.04. The van der Waals surface area contributed by atoms with Crippen molar-refractivity contribution in [2.75, 3.05) is 0 Å². The lowest BCUT2D eigenvalue weighted by Gasteiger charge is -2.25. The van der Waals surface area contributed by atoms with Gasteiger partial charge in [0.15, 0.2) is 0 Å². The minimum atomic E-state index is 0.583. The van der Waals surface area contributed by atoms with Gasteiger partial charge in [-0.15, -0.1) is 11.8 Å². The Bertz CT molecular complexity index is 596. The first-order chi connectivity index (χ1) is 10.6. The molecule has 1 aliphatic carbocycles. The second-order valence-electron chi connectivity index (χ2n) is 5.95. The van der Waals surface area contributed by atoms with E-state index in [-0.39, 0.29) is 0 Å². The van der Waals surface area contributed by atoms with Crippen LogP contribution in [0.5, 0.6) is 0 Å². The zero-order valence-corrected chi connectivity index (χ0v) is 14.6. The lowest BCUT2D eigenvalue weighted by atomic mass is 10.0. The van der Waals surface area contributed by atoms with E-state index in [2.05, 4.69) is 82.3 Å². The quantitative estimate of drug-likeness (QED) is 0.574. The molecule has 0 saturated heterocycles. The molecule has 3 rings (SSSR count). The number of rotatable bonds is 2. The van der Waals surface area contributed by atoms with Crippen molar-refractivity contribution >= 4 is 11.8 Å². The van der Waals surface area contributed by atoms with E-state index in [4.69, 9.17) is 0 Å². The van der Waals surface area contributed by atoms with Gasteiger partial charge in [-0.3, -0.25) is 0 Å². The molecule has 1 aromatic carbocycles. The normalized spacial score (nSPS) is 19.3. The maximum absolute atomic E-state index is 3.96. The summed E-state index contributed by atoms with van der Waals surface area (Å²) in [5.74, 6) is 0. The molecule has 115 valence electrons. The molecular weight excluding hydrogens is 284 g/mol. The van der Waals surface area contributed by atoms with Gasteiger partial charge in [0, 0.05) is 11.7 Å². The van der Waals surface area contributed by atoms with Gasteiger partial charge in [-0.2, -0.15) is 0 Å². The number of hydrogen-bond donors (Lipinski definition) is 0. The first-order valence-corrected chi connectivity index (χ1v) is 8.67. The molecule has 1 atom stereocenters. The van der Waals surface area contributed by atoms with Crippen LogP contribution < -0.4 is 0 Å². The van der Waals surface area contributed by atoms with Crippen molar-refractivity contribution in [1.29, 1.82) is 0 Å². The van der Waals surface area contributed by atoms with E-state index < -0.39 is 0 Å². The summed E-state index contributed by atoms with van der Waals surface area (Å²) in [5, 5.41) is 0.583. The molecule has 1 radical (unpaired) electrons. The van der Waals surface area contributed by atoms with Gasteiger partial charge < -0.3 is 0 Å². The third-order valence-corrected chi connectivity index (χ3v) is 5.15. The average molecular weight is 309 g/mol. The second kappa shape index (κ2) is 8.24. The Balaban J connectivity index is 0.000000188. The Kier molecular flexibility index (Phi) is 6.33. The van der Waals surface area contributed by atoms with Crippen LogP contribution in [0.15, 0.2) is 71.2 Å². The van der Waals surface area contributed by atoms with Crippen molar-refractivity contribution in [1.82, 2.24) is 0 Å². The number of hydrogen-bond acceptors (Lipinski definition) is 1. The summed E-state index contributed by atoms with van der Waals surface area (Å²) in [6.45, 7) is 10.3. The van der Waals surface area contributed by atoms with E-state index in [0.717, 1.165) is 12.8 Å². The first kappa shape index (κ1) is 16.9. The lowest BCUT2D eigenvalue weighted by molar-refractivity contribution is 1.06. The maximum Gasteiger partial charge on any atom is 0.0484 e. The van der Waals surface area contributed by atoms with Crippen LogP contribution in [-0.2, 0) is 0 Å². The van der Waals surface area contributed by atoms with Gasteiger partial charge in [-0.1, -0.05) is 66.3 Å². The number of fused-ring (bicyclic) bond motifs is 1. The molecule has 1 aromatic rings. The Morgan fingerprint density at radius 2 is 1.91 bits per heavy atom. The molecule has 1 heterocycles. The van der Waals surface area contributed by atoms with Gasteiger partial charge in [0.05, 0.1) is 0 Å². The molecular formula is C21H25S. The largest absolute Gasteiger partial charge is 0.118 e. The third kappa shape index (κ3) is 5.06. The molecule has 1 aliphatic heterocycles. The van der Waals surface area contributed by atoms with Crippen molar-refractivity contribution in [3.8, 4) is 0 Å². The van der Waals surface area contributed by atoms with Crippen molar-refractivity contribution < 1.29 is 0 Å². The summed E-state index contributed by atoms with van der Waals surface area (Å²) >= 11 is 1.97. The topological polar surface area (TPSA) is 0 Å². The number of thioether (sulfide) groups is 1. The molecule has 0 fully saturated rings. The van der Waals surface area contributed by atoms with E-state index in [0.29, 0.717) is 5.25 Å². The van der Waals surface area contributed by atoms with Crippen LogP contribution in [0.3, 0.4) is 0 Å². The average Bonchev–Trinajstić information content (AvgIpc) is 2.50. The Morgan fingerprint density at radius 3 is 2.50 bits per heavy atom. The summed E-state index contributed by atoms with van der Waals surface area (Å²) in [6, 6.07) is 8.36. The summed E-state index contributed by atoms with van der Waals surface area (Å²) in [5.41, 5.74) is 5.52. The minimum Gasteiger partial charge on any atom is -0.118 e. The fraction of sp³-hybridized carbons (Fsp3) is 0.286. The molecule has 2 aliphatic rings. The van der Waals surface area contributed by atoms with Crippen LogP contribution in [0, 0.1) is 20.3 Å².